The summed E-state index contributed by atoms with van der Waals surface area (Å²) < 4.78 is 0. The molecule has 2 fully saturated rings. The first-order valence-electron chi connectivity index (χ1n) is 7.74. The second kappa shape index (κ2) is 7.36. The van der Waals surface area contributed by atoms with E-state index in [2.05, 4.69) is 21.3 Å². The zero-order valence-corrected chi connectivity index (χ0v) is 15.4. The predicted molar refractivity (Wildman–Crippen MR) is 101 cm³/mol. The maximum atomic E-state index is 12.5. The molecule has 2 aliphatic rings. The lowest BCUT2D eigenvalue weighted by Crippen LogP contribution is -2.62. The molecule has 11 nitrogen and oxygen atoms in total. The highest BCUT2D eigenvalue weighted by atomic mass is 32.1. The van der Waals surface area contributed by atoms with Gasteiger partial charge in [0, 0.05) is 18.1 Å². The van der Waals surface area contributed by atoms with Crippen LogP contribution in [0.15, 0.2) is 24.3 Å². The summed E-state index contributed by atoms with van der Waals surface area (Å²) in [5, 5.41) is 19.7. The van der Waals surface area contributed by atoms with Gasteiger partial charge in [-0.3, -0.25) is 29.3 Å². The van der Waals surface area contributed by atoms with Gasteiger partial charge in [0.25, 0.3) is 5.69 Å². The number of nitro benzene ring substituents is 1. The van der Waals surface area contributed by atoms with Crippen LogP contribution in [0.2, 0.25) is 0 Å². The van der Waals surface area contributed by atoms with Crippen molar-refractivity contribution in [3.05, 3.63) is 39.9 Å². The largest absolute Gasteiger partial charge is 0.302 e. The van der Waals surface area contributed by atoms with Gasteiger partial charge in [0.05, 0.1) is 4.92 Å². The Bertz CT molecular complexity index is 876. The highest BCUT2D eigenvalue weighted by Crippen LogP contribution is 2.36. The summed E-state index contributed by atoms with van der Waals surface area (Å²) in [6.07, 6.45) is 0. The number of carbonyl (C=O) groups excluding carboxylic acids is 4. The second-order valence-electron chi connectivity index (χ2n) is 5.95. The summed E-state index contributed by atoms with van der Waals surface area (Å²) in [6.45, 7) is 0. The van der Waals surface area contributed by atoms with E-state index in [0.717, 1.165) is 6.07 Å². The Hall–Kier alpha value is -3.32. The van der Waals surface area contributed by atoms with E-state index in [-0.39, 0.29) is 21.5 Å². The summed E-state index contributed by atoms with van der Waals surface area (Å²) in [5.41, 5.74) is -0.248. The number of carbonyl (C=O) groups is 4. The summed E-state index contributed by atoms with van der Waals surface area (Å²) in [7, 11) is 0. The van der Waals surface area contributed by atoms with Gasteiger partial charge in [-0.15, -0.1) is 0 Å². The Kier molecular flexibility index (Phi) is 5.11. The van der Waals surface area contributed by atoms with E-state index in [0.29, 0.717) is 0 Å². The number of non-ortho nitro benzene ring substituents is 1. The van der Waals surface area contributed by atoms with Crippen molar-refractivity contribution >= 4 is 64.0 Å². The molecular weight excluding hydrogens is 410 g/mol. The van der Waals surface area contributed by atoms with Crippen LogP contribution in [0.5, 0.6) is 0 Å². The molecule has 144 valence electrons. The van der Waals surface area contributed by atoms with Crippen LogP contribution in [0.3, 0.4) is 0 Å². The lowest BCUT2D eigenvalue weighted by atomic mass is 9.74. The summed E-state index contributed by atoms with van der Waals surface area (Å²) in [6, 6.07) is 5.02. The number of benzene rings is 1. The molecule has 4 amide bonds. The highest BCUT2D eigenvalue weighted by Gasteiger charge is 2.50. The van der Waals surface area contributed by atoms with Crippen LogP contribution in [0.25, 0.3) is 0 Å². The average Bonchev–Trinajstić information content (AvgIpc) is 2.58. The number of thiocarbonyl (C=S) groups is 2. The molecule has 3 rings (SSSR count). The van der Waals surface area contributed by atoms with Crippen molar-refractivity contribution in [2.75, 3.05) is 0 Å². The van der Waals surface area contributed by atoms with E-state index in [1.807, 2.05) is 0 Å². The van der Waals surface area contributed by atoms with E-state index in [4.69, 9.17) is 24.4 Å². The van der Waals surface area contributed by atoms with Gasteiger partial charge in [-0.25, -0.2) is 0 Å². The topological polar surface area (TPSA) is 160 Å². The molecule has 0 spiro atoms. The molecule has 28 heavy (non-hydrogen) atoms. The van der Waals surface area contributed by atoms with E-state index in [1.165, 1.54) is 18.2 Å². The summed E-state index contributed by atoms with van der Waals surface area (Å²) in [5.74, 6) is -7.76. The maximum Gasteiger partial charge on any atom is 0.269 e. The van der Waals surface area contributed by atoms with Crippen LogP contribution >= 0.6 is 24.4 Å². The number of hydrogen-bond donors (Lipinski definition) is 4. The van der Waals surface area contributed by atoms with E-state index < -0.39 is 46.3 Å². The highest BCUT2D eigenvalue weighted by molar-refractivity contribution is 7.80. The van der Waals surface area contributed by atoms with Crippen molar-refractivity contribution in [3.63, 3.8) is 0 Å². The Morgan fingerprint density at radius 1 is 0.857 bits per heavy atom. The smallest absolute Gasteiger partial charge is 0.269 e. The van der Waals surface area contributed by atoms with Crippen LogP contribution < -0.4 is 21.3 Å². The zero-order chi connectivity index (χ0) is 20.6. The van der Waals surface area contributed by atoms with Gasteiger partial charge in [0.1, 0.15) is 11.8 Å². The van der Waals surface area contributed by atoms with Gasteiger partial charge >= 0.3 is 0 Å². The number of nitrogens with one attached hydrogen (secondary N) is 4. The van der Waals surface area contributed by atoms with Gasteiger partial charge in [0.2, 0.25) is 23.6 Å². The fraction of sp³-hybridized carbons (Fsp3) is 0.200. The van der Waals surface area contributed by atoms with Crippen molar-refractivity contribution in [3.8, 4) is 0 Å². The Labute approximate surface area is 167 Å². The van der Waals surface area contributed by atoms with Crippen LogP contribution in [-0.4, -0.2) is 38.8 Å². The normalized spacial score (nSPS) is 18.5. The van der Waals surface area contributed by atoms with Crippen molar-refractivity contribution in [1.29, 1.82) is 0 Å². The number of nitrogens with zero attached hydrogens (tertiary/aromatic N) is 1. The monoisotopic (exact) mass is 421 g/mol. The summed E-state index contributed by atoms with van der Waals surface area (Å²) >= 11 is 9.52. The first kappa shape index (κ1) is 19.4. The van der Waals surface area contributed by atoms with Crippen molar-refractivity contribution < 1.29 is 24.1 Å². The first-order chi connectivity index (χ1) is 13.2. The van der Waals surface area contributed by atoms with E-state index >= 15 is 0 Å². The number of nitro groups is 1. The van der Waals surface area contributed by atoms with Crippen LogP contribution in [-0.2, 0) is 19.2 Å². The fourth-order valence-electron chi connectivity index (χ4n) is 3.13. The number of rotatable bonds is 4. The average molecular weight is 421 g/mol. The SMILES string of the molecule is O=C1NC(=S)NC(=O)C1C(c1cccc([N+](=O)[O-])c1)C1C(=O)NC(=S)NC1=O. The minimum atomic E-state index is -1.54. The molecule has 0 unspecified atom stereocenters. The molecule has 0 aliphatic carbocycles. The molecule has 0 atom stereocenters. The van der Waals surface area contributed by atoms with Crippen molar-refractivity contribution in [2.45, 2.75) is 5.92 Å². The molecule has 2 saturated heterocycles. The molecule has 0 saturated carbocycles. The maximum absolute atomic E-state index is 12.5. The fourth-order valence-corrected chi connectivity index (χ4v) is 3.54. The predicted octanol–water partition coefficient (Wildman–Crippen LogP) is -1.03. The third-order valence-corrected chi connectivity index (χ3v) is 4.67. The van der Waals surface area contributed by atoms with Crippen molar-refractivity contribution in [2.24, 2.45) is 11.8 Å². The van der Waals surface area contributed by atoms with Crippen molar-refractivity contribution in [1.82, 2.24) is 21.3 Å². The number of amides is 4. The molecular formula is C15H11N5O6S2. The number of hydrogen-bond acceptors (Lipinski definition) is 8. The van der Waals surface area contributed by atoms with Crippen LogP contribution in [0.1, 0.15) is 11.5 Å². The molecule has 4 N–H and O–H groups in total. The first-order valence-corrected chi connectivity index (χ1v) is 8.56. The van der Waals surface area contributed by atoms with Gasteiger partial charge in [0.15, 0.2) is 10.2 Å². The minimum absolute atomic E-state index is 0.0837. The third kappa shape index (κ3) is 3.57. The van der Waals surface area contributed by atoms with E-state index in [1.54, 1.807) is 0 Å². The Balaban J connectivity index is 2.14. The molecule has 13 heteroatoms. The van der Waals surface area contributed by atoms with Gasteiger partial charge < -0.3 is 21.3 Å². The molecule has 1 aromatic carbocycles. The minimum Gasteiger partial charge on any atom is -0.302 e. The Morgan fingerprint density at radius 3 is 1.68 bits per heavy atom. The summed E-state index contributed by atoms with van der Waals surface area (Å²) in [4.78, 5) is 60.4. The molecule has 2 aliphatic heterocycles. The third-order valence-electron chi connectivity index (χ3n) is 4.26. The lowest BCUT2D eigenvalue weighted by Gasteiger charge is -2.35. The van der Waals surface area contributed by atoms with Gasteiger partial charge in [-0.2, -0.15) is 0 Å². The van der Waals surface area contributed by atoms with Crippen LogP contribution in [0.4, 0.5) is 5.69 Å². The molecule has 2 heterocycles. The van der Waals surface area contributed by atoms with Crippen LogP contribution in [0, 0.1) is 22.0 Å². The zero-order valence-electron chi connectivity index (χ0n) is 13.8. The van der Waals surface area contributed by atoms with Gasteiger partial charge in [-0.05, 0) is 30.0 Å². The molecule has 0 radical (unpaired) electrons. The quantitative estimate of drug-likeness (QED) is 0.208. The molecule has 1 aromatic rings. The Morgan fingerprint density at radius 2 is 1.29 bits per heavy atom. The molecule has 0 bridgehead atoms. The standard InChI is InChI=1S/C15H11N5O6S2/c21-10-8(11(22)17-14(27)16-10)7(5-2-1-3-6(4-5)20(25)26)9-12(23)18-15(28)19-13(9)24/h1-4,7-9H,(H2,16,17,21,22,27)(H2,18,19,23,24,28). The second-order valence-corrected chi connectivity index (χ2v) is 6.76. The molecule has 0 aromatic heterocycles. The van der Waals surface area contributed by atoms with E-state index in [9.17, 15) is 29.3 Å². The lowest BCUT2D eigenvalue weighted by molar-refractivity contribution is -0.384. The van der Waals surface area contributed by atoms with Gasteiger partial charge in [-0.1, -0.05) is 12.1 Å².